The van der Waals surface area contributed by atoms with Gasteiger partial charge in [0.15, 0.2) is 5.78 Å². The Labute approximate surface area is 162 Å². The maximum absolute atomic E-state index is 13.2. The summed E-state index contributed by atoms with van der Waals surface area (Å²) in [4.78, 5) is 27.3. The van der Waals surface area contributed by atoms with E-state index in [1.54, 1.807) is 0 Å². The first-order valence-corrected chi connectivity index (χ1v) is 10.3. The number of ketones is 1. The van der Waals surface area contributed by atoms with Gasteiger partial charge in [-0.25, -0.2) is 0 Å². The summed E-state index contributed by atoms with van der Waals surface area (Å²) in [6.45, 7) is 8.27. The second-order valence-electron chi connectivity index (χ2n) is 7.94. The van der Waals surface area contributed by atoms with E-state index in [1.807, 2.05) is 23.1 Å². The van der Waals surface area contributed by atoms with E-state index >= 15 is 0 Å². The van der Waals surface area contributed by atoms with Crippen molar-refractivity contribution in [3.05, 3.63) is 23.8 Å². The Morgan fingerprint density at radius 3 is 2.48 bits per heavy atom. The van der Waals surface area contributed by atoms with Crippen LogP contribution in [-0.4, -0.2) is 23.4 Å². The van der Waals surface area contributed by atoms with Gasteiger partial charge >= 0.3 is 0 Å². The van der Waals surface area contributed by atoms with Crippen LogP contribution in [0, 0.1) is 0 Å². The first kappa shape index (κ1) is 19.6. The molecule has 0 atom stereocenters. The Morgan fingerprint density at radius 1 is 1.11 bits per heavy atom. The molecular formula is C22H31N3O2. The van der Waals surface area contributed by atoms with Crippen LogP contribution in [0.3, 0.4) is 0 Å². The minimum Gasteiger partial charge on any atom is -0.309 e. The van der Waals surface area contributed by atoms with Gasteiger partial charge in [0.1, 0.15) is 5.71 Å². The molecule has 0 spiro atoms. The fourth-order valence-corrected chi connectivity index (χ4v) is 4.39. The van der Waals surface area contributed by atoms with E-state index in [9.17, 15) is 9.59 Å². The Morgan fingerprint density at radius 2 is 1.81 bits per heavy atom. The molecule has 1 aliphatic carbocycles. The number of anilines is 2. The number of carbonyl (C=O) groups excluding carboxylic acids is 2. The van der Waals surface area contributed by atoms with Gasteiger partial charge in [-0.1, -0.05) is 20.3 Å². The monoisotopic (exact) mass is 369 g/mol. The Bertz CT molecular complexity index is 763. The van der Waals surface area contributed by atoms with E-state index < -0.39 is 5.41 Å². The quantitative estimate of drug-likeness (QED) is 0.599. The molecule has 1 aliphatic heterocycles. The molecule has 5 heteroatoms. The predicted octanol–water partition coefficient (Wildman–Crippen LogP) is 4.80. The number of hydrogen-bond donors (Lipinski definition) is 1. The van der Waals surface area contributed by atoms with Crippen molar-refractivity contribution in [3.63, 3.8) is 0 Å². The lowest BCUT2D eigenvalue weighted by molar-refractivity contribution is -0.123. The zero-order valence-electron chi connectivity index (χ0n) is 17.0. The highest BCUT2D eigenvalue weighted by atomic mass is 16.2. The smallest absolute Gasteiger partial charge is 0.237 e. The van der Waals surface area contributed by atoms with Crippen LogP contribution in [0.15, 0.2) is 23.3 Å². The van der Waals surface area contributed by atoms with Gasteiger partial charge in [0.05, 0.1) is 11.1 Å². The van der Waals surface area contributed by atoms with Crippen molar-refractivity contribution < 1.29 is 9.59 Å². The first-order chi connectivity index (χ1) is 12.9. The molecule has 1 fully saturated rings. The molecule has 1 amide bonds. The number of nitrogens with zero attached hydrogens (tertiary/aromatic N) is 2. The van der Waals surface area contributed by atoms with E-state index in [0.29, 0.717) is 12.1 Å². The van der Waals surface area contributed by atoms with E-state index in [-0.39, 0.29) is 17.7 Å². The number of hydrogen-bond acceptors (Lipinski definition) is 4. The van der Waals surface area contributed by atoms with Crippen molar-refractivity contribution in [1.29, 1.82) is 0 Å². The summed E-state index contributed by atoms with van der Waals surface area (Å²) in [7, 11) is 0. The lowest BCUT2D eigenvalue weighted by Gasteiger charge is -2.27. The van der Waals surface area contributed by atoms with Gasteiger partial charge in [0.2, 0.25) is 5.91 Å². The number of fused-ring (bicyclic) bond motifs is 1. The molecule has 1 N–H and O–H groups in total. The number of rotatable bonds is 5. The van der Waals surface area contributed by atoms with Gasteiger partial charge in [-0.05, 0) is 69.7 Å². The molecule has 0 aromatic heterocycles. The summed E-state index contributed by atoms with van der Waals surface area (Å²) in [6.07, 6.45) is 5.94. The van der Waals surface area contributed by atoms with Crippen LogP contribution in [0.1, 0.15) is 78.2 Å². The molecular weight excluding hydrogens is 338 g/mol. The normalized spacial score (nSPS) is 20.9. The molecule has 5 nitrogen and oxygen atoms in total. The van der Waals surface area contributed by atoms with Crippen molar-refractivity contribution in [3.8, 4) is 0 Å². The third-order valence-corrected chi connectivity index (χ3v) is 6.08. The number of carbonyl (C=O) groups is 2. The molecule has 1 aromatic rings. The van der Waals surface area contributed by atoms with Gasteiger partial charge in [0.25, 0.3) is 0 Å². The fraction of sp³-hybridized carbons (Fsp3) is 0.591. The molecule has 0 bridgehead atoms. The third kappa shape index (κ3) is 3.40. The summed E-state index contributed by atoms with van der Waals surface area (Å²) >= 11 is 0. The van der Waals surface area contributed by atoms with E-state index in [0.717, 1.165) is 55.5 Å². The molecule has 1 aromatic carbocycles. The van der Waals surface area contributed by atoms with E-state index in [2.05, 4.69) is 38.2 Å². The van der Waals surface area contributed by atoms with Crippen molar-refractivity contribution in [2.45, 2.75) is 84.1 Å². The maximum Gasteiger partial charge on any atom is 0.237 e. The second kappa shape index (κ2) is 7.83. The Balaban J connectivity index is 1.94. The zero-order chi connectivity index (χ0) is 19.6. The Hall–Kier alpha value is -2.17. The van der Waals surface area contributed by atoms with Crippen LogP contribution < -0.4 is 10.3 Å². The topological polar surface area (TPSA) is 61.8 Å². The number of Topliss-reactive ketones (excluding diaryl/α,β-unsaturated/α-hetero) is 1. The van der Waals surface area contributed by atoms with E-state index in [4.69, 9.17) is 0 Å². The standard InChI is InChI=1S/C22H31N3O2/c1-5-22(6-2)17-14-16(12-13-19(17)25(15(3)4)21(22)27)23-24-18-10-8-7-9-11-20(18)26/h12-15,23H,5-11H2,1-4H3. The molecule has 0 saturated heterocycles. The van der Waals surface area contributed by atoms with Gasteiger partial charge in [-0.2, -0.15) is 5.10 Å². The molecule has 146 valence electrons. The molecule has 1 saturated carbocycles. The molecule has 1 heterocycles. The summed E-state index contributed by atoms with van der Waals surface area (Å²) in [5.74, 6) is 0.346. The van der Waals surface area contributed by atoms with E-state index in [1.165, 1.54) is 0 Å². The van der Waals surface area contributed by atoms with Crippen molar-refractivity contribution in [2.24, 2.45) is 5.10 Å². The number of amides is 1. The lowest BCUT2D eigenvalue weighted by Crippen LogP contribution is -2.42. The van der Waals surface area contributed by atoms with Crippen molar-refractivity contribution >= 4 is 28.8 Å². The summed E-state index contributed by atoms with van der Waals surface area (Å²) in [5.41, 5.74) is 6.17. The van der Waals surface area contributed by atoms with Gasteiger partial charge < -0.3 is 4.90 Å². The molecule has 3 rings (SSSR count). The van der Waals surface area contributed by atoms with Crippen LogP contribution in [0.4, 0.5) is 11.4 Å². The van der Waals surface area contributed by atoms with Crippen LogP contribution in [-0.2, 0) is 15.0 Å². The maximum atomic E-state index is 13.2. The first-order valence-electron chi connectivity index (χ1n) is 10.3. The molecule has 27 heavy (non-hydrogen) atoms. The number of benzene rings is 1. The highest BCUT2D eigenvalue weighted by molar-refractivity contribution is 6.40. The predicted molar refractivity (Wildman–Crippen MR) is 110 cm³/mol. The fourth-order valence-electron chi connectivity index (χ4n) is 4.39. The minimum atomic E-state index is -0.470. The van der Waals surface area contributed by atoms with Crippen molar-refractivity contribution in [1.82, 2.24) is 0 Å². The minimum absolute atomic E-state index is 0.124. The van der Waals surface area contributed by atoms with Crippen LogP contribution in [0.25, 0.3) is 0 Å². The highest BCUT2D eigenvalue weighted by Gasteiger charge is 2.49. The van der Waals surface area contributed by atoms with Gasteiger partial charge in [-0.3, -0.25) is 15.0 Å². The second-order valence-corrected chi connectivity index (χ2v) is 7.94. The zero-order valence-corrected chi connectivity index (χ0v) is 17.0. The average molecular weight is 370 g/mol. The van der Waals surface area contributed by atoms with Crippen molar-refractivity contribution in [2.75, 3.05) is 10.3 Å². The molecule has 0 unspecified atom stereocenters. The number of hydrazone groups is 1. The van der Waals surface area contributed by atoms with Gasteiger partial charge in [0, 0.05) is 18.2 Å². The Kier molecular flexibility index (Phi) is 5.68. The number of nitrogens with one attached hydrogen (secondary N) is 1. The summed E-state index contributed by atoms with van der Waals surface area (Å²) < 4.78 is 0. The van der Waals surface area contributed by atoms with Gasteiger partial charge in [-0.15, -0.1) is 0 Å². The summed E-state index contributed by atoms with van der Waals surface area (Å²) in [5, 5.41) is 4.41. The van der Waals surface area contributed by atoms with Crippen LogP contribution in [0.2, 0.25) is 0 Å². The molecule has 2 aliphatic rings. The lowest BCUT2D eigenvalue weighted by atomic mass is 9.77. The largest absolute Gasteiger partial charge is 0.309 e. The highest BCUT2D eigenvalue weighted by Crippen LogP contribution is 2.47. The SMILES string of the molecule is CCC1(CC)C(=O)N(C(C)C)c2ccc(NN=C3CCCCCC3=O)cc21. The van der Waals surface area contributed by atoms with Crippen LogP contribution in [0.5, 0.6) is 0 Å². The molecule has 0 radical (unpaired) electrons. The van der Waals surface area contributed by atoms with Crippen LogP contribution >= 0.6 is 0 Å². The third-order valence-electron chi connectivity index (χ3n) is 6.08. The average Bonchev–Trinajstić information content (AvgIpc) is 2.75. The summed E-state index contributed by atoms with van der Waals surface area (Å²) in [6, 6.07) is 6.14.